The van der Waals surface area contributed by atoms with Crippen LogP contribution >= 0.6 is 23.2 Å². The fraction of sp³-hybridized carbons (Fsp3) is 0.222. The summed E-state index contributed by atoms with van der Waals surface area (Å²) in [5.74, 6) is -2.83. The molecular formula is C18H15Cl2F2NO3. The van der Waals surface area contributed by atoms with Crippen LogP contribution in [0.3, 0.4) is 0 Å². The number of esters is 1. The predicted octanol–water partition coefficient (Wildman–Crippen LogP) is 3.71. The van der Waals surface area contributed by atoms with Crippen molar-refractivity contribution in [1.29, 1.82) is 0 Å². The molecule has 0 aliphatic rings. The molecule has 8 heteroatoms. The van der Waals surface area contributed by atoms with Gasteiger partial charge in [0.15, 0.2) is 0 Å². The molecule has 0 spiro atoms. The number of amides is 1. The topological polar surface area (TPSA) is 55.4 Å². The Hall–Kier alpha value is -2.18. The number of halogens is 4. The van der Waals surface area contributed by atoms with Crippen LogP contribution in [-0.2, 0) is 27.2 Å². The zero-order chi connectivity index (χ0) is 19.3. The SMILES string of the molecule is COC(=O)[C@H](Cc1ccc(Cl)cc1Cl)NC(=O)Cc1cc(F)cc(F)c1. The molecule has 0 unspecified atom stereocenters. The van der Waals surface area contributed by atoms with Crippen molar-refractivity contribution in [3.05, 3.63) is 69.2 Å². The third-order valence-electron chi connectivity index (χ3n) is 3.55. The van der Waals surface area contributed by atoms with Crippen LogP contribution in [0.5, 0.6) is 0 Å². The highest BCUT2D eigenvalue weighted by Crippen LogP contribution is 2.22. The van der Waals surface area contributed by atoms with Crippen molar-refractivity contribution < 1.29 is 23.1 Å². The van der Waals surface area contributed by atoms with Crippen molar-refractivity contribution in [2.45, 2.75) is 18.9 Å². The van der Waals surface area contributed by atoms with Crippen LogP contribution in [0.15, 0.2) is 36.4 Å². The second-order valence-electron chi connectivity index (χ2n) is 5.54. The van der Waals surface area contributed by atoms with E-state index in [2.05, 4.69) is 5.32 Å². The molecule has 1 amide bonds. The number of ether oxygens (including phenoxy) is 1. The third-order valence-corrected chi connectivity index (χ3v) is 4.13. The highest BCUT2D eigenvalue weighted by molar-refractivity contribution is 6.35. The molecule has 0 aliphatic carbocycles. The Morgan fingerprint density at radius 1 is 1.12 bits per heavy atom. The number of methoxy groups -OCH3 is 1. The summed E-state index contributed by atoms with van der Waals surface area (Å²) in [4.78, 5) is 24.1. The molecule has 0 fully saturated rings. The van der Waals surface area contributed by atoms with E-state index in [1.807, 2.05) is 0 Å². The van der Waals surface area contributed by atoms with E-state index in [-0.39, 0.29) is 18.4 Å². The number of nitrogens with one attached hydrogen (secondary N) is 1. The van der Waals surface area contributed by atoms with Crippen LogP contribution < -0.4 is 5.32 Å². The van der Waals surface area contributed by atoms with Crippen molar-refractivity contribution in [3.63, 3.8) is 0 Å². The minimum Gasteiger partial charge on any atom is -0.467 e. The van der Waals surface area contributed by atoms with E-state index in [0.29, 0.717) is 21.7 Å². The van der Waals surface area contributed by atoms with E-state index in [1.54, 1.807) is 12.1 Å². The maximum Gasteiger partial charge on any atom is 0.328 e. The monoisotopic (exact) mass is 401 g/mol. The summed E-state index contributed by atoms with van der Waals surface area (Å²) in [7, 11) is 1.19. The molecule has 0 heterocycles. The summed E-state index contributed by atoms with van der Waals surface area (Å²) in [6.07, 6.45) is -0.220. The number of benzene rings is 2. The first-order valence-electron chi connectivity index (χ1n) is 7.54. The lowest BCUT2D eigenvalue weighted by Crippen LogP contribution is -2.43. The van der Waals surface area contributed by atoms with E-state index in [9.17, 15) is 18.4 Å². The molecule has 0 saturated carbocycles. The number of rotatable bonds is 6. The van der Waals surface area contributed by atoms with Gasteiger partial charge in [-0.05, 0) is 35.4 Å². The highest BCUT2D eigenvalue weighted by atomic mass is 35.5. The van der Waals surface area contributed by atoms with Gasteiger partial charge in [-0.2, -0.15) is 0 Å². The molecule has 0 aliphatic heterocycles. The van der Waals surface area contributed by atoms with Crippen molar-refractivity contribution in [2.24, 2.45) is 0 Å². The molecule has 2 aromatic rings. The third kappa shape index (κ3) is 5.68. The van der Waals surface area contributed by atoms with Gasteiger partial charge in [0.2, 0.25) is 5.91 Å². The number of hydrogen-bond donors (Lipinski definition) is 1. The average Bonchev–Trinajstić information content (AvgIpc) is 2.54. The standard InChI is InChI=1S/C18H15Cl2F2NO3/c1-26-18(25)16(7-11-2-3-12(19)8-15(11)20)23-17(24)6-10-4-13(21)9-14(22)5-10/h2-5,8-9,16H,6-7H2,1H3,(H,23,24)/t16-/m0/s1. The molecule has 26 heavy (non-hydrogen) atoms. The summed E-state index contributed by atoms with van der Waals surface area (Å²) < 4.78 is 31.1. The maximum atomic E-state index is 13.2. The predicted molar refractivity (Wildman–Crippen MR) is 94.2 cm³/mol. The first-order chi connectivity index (χ1) is 12.3. The first kappa shape index (κ1) is 20.1. The van der Waals surface area contributed by atoms with Crippen LogP contribution in [0.25, 0.3) is 0 Å². The fourth-order valence-corrected chi connectivity index (χ4v) is 2.87. The van der Waals surface area contributed by atoms with Crippen LogP contribution in [0.1, 0.15) is 11.1 Å². The van der Waals surface area contributed by atoms with Crippen molar-refractivity contribution in [2.75, 3.05) is 7.11 Å². The summed E-state index contributed by atoms with van der Waals surface area (Å²) >= 11 is 11.9. The lowest BCUT2D eigenvalue weighted by molar-refractivity contribution is -0.145. The fourth-order valence-electron chi connectivity index (χ4n) is 2.39. The average molecular weight is 402 g/mol. The quantitative estimate of drug-likeness (QED) is 0.750. The largest absolute Gasteiger partial charge is 0.467 e. The molecule has 2 aromatic carbocycles. The van der Waals surface area contributed by atoms with Gasteiger partial charge in [0, 0.05) is 22.5 Å². The van der Waals surface area contributed by atoms with Gasteiger partial charge in [0.1, 0.15) is 17.7 Å². The van der Waals surface area contributed by atoms with Gasteiger partial charge in [-0.1, -0.05) is 29.3 Å². The Bertz CT molecular complexity index is 810. The second-order valence-corrected chi connectivity index (χ2v) is 6.38. The van der Waals surface area contributed by atoms with Gasteiger partial charge < -0.3 is 10.1 Å². The Morgan fingerprint density at radius 3 is 2.35 bits per heavy atom. The van der Waals surface area contributed by atoms with Gasteiger partial charge in [0.25, 0.3) is 0 Å². The molecular weight excluding hydrogens is 387 g/mol. The van der Waals surface area contributed by atoms with Crippen LogP contribution in [-0.4, -0.2) is 25.0 Å². The van der Waals surface area contributed by atoms with Crippen molar-refractivity contribution >= 4 is 35.1 Å². The van der Waals surface area contributed by atoms with Crippen molar-refractivity contribution in [1.82, 2.24) is 5.32 Å². The first-order valence-corrected chi connectivity index (χ1v) is 8.30. The van der Waals surface area contributed by atoms with Crippen LogP contribution in [0, 0.1) is 11.6 Å². The molecule has 0 aromatic heterocycles. The maximum absolute atomic E-state index is 13.2. The summed E-state index contributed by atoms with van der Waals surface area (Å²) in [5.41, 5.74) is 0.733. The van der Waals surface area contributed by atoms with Gasteiger partial charge >= 0.3 is 5.97 Å². The molecule has 1 atom stereocenters. The van der Waals surface area contributed by atoms with E-state index < -0.39 is 29.6 Å². The Morgan fingerprint density at radius 2 is 1.77 bits per heavy atom. The Balaban J connectivity index is 2.11. The molecule has 4 nitrogen and oxygen atoms in total. The number of hydrogen-bond acceptors (Lipinski definition) is 3. The summed E-state index contributed by atoms with van der Waals surface area (Å²) in [5, 5.41) is 3.27. The zero-order valence-electron chi connectivity index (χ0n) is 13.7. The molecule has 2 rings (SSSR count). The summed E-state index contributed by atoms with van der Waals surface area (Å²) in [6, 6.07) is 6.55. The Labute approximate surface area is 159 Å². The van der Waals surface area contributed by atoms with Crippen LogP contribution in [0.4, 0.5) is 8.78 Å². The molecule has 0 saturated heterocycles. The minimum atomic E-state index is -1.01. The van der Waals surface area contributed by atoms with Gasteiger partial charge in [-0.15, -0.1) is 0 Å². The van der Waals surface area contributed by atoms with E-state index in [1.165, 1.54) is 13.2 Å². The number of carbonyl (C=O) groups is 2. The summed E-state index contributed by atoms with van der Waals surface area (Å²) in [6.45, 7) is 0. The molecule has 138 valence electrons. The van der Waals surface area contributed by atoms with Crippen molar-refractivity contribution in [3.8, 4) is 0 Å². The lowest BCUT2D eigenvalue weighted by Gasteiger charge is -2.17. The van der Waals surface area contributed by atoms with Crippen LogP contribution in [0.2, 0.25) is 10.0 Å². The second kappa shape index (κ2) is 8.96. The molecule has 1 N–H and O–H groups in total. The van der Waals surface area contributed by atoms with Gasteiger partial charge in [-0.3, -0.25) is 4.79 Å². The molecule has 0 bridgehead atoms. The normalized spacial score (nSPS) is 11.7. The van der Waals surface area contributed by atoms with Gasteiger partial charge in [-0.25, -0.2) is 13.6 Å². The van der Waals surface area contributed by atoms with Gasteiger partial charge in [0.05, 0.1) is 13.5 Å². The zero-order valence-corrected chi connectivity index (χ0v) is 15.2. The number of carbonyl (C=O) groups excluding carboxylic acids is 2. The molecule has 0 radical (unpaired) electrons. The van der Waals surface area contributed by atoms with E-state index in [4.69, 9.17) is 27.9 Å². The lowest BCUT2D eigenvalue weighted by atomic mass is 10.0. The van der Waals surface area contributed by atoms with E-state index >= 15 is 0 Å². The highest BCUT2D eigenvalue weighted by Gasteiger charge is 2.23. The minimum absolute atomic E-state index is 0.0753. The smallest absolute Gasteiger partial charge is 0.328 e. The Kier molecular flexibility index (Phi) is 6.94. The van der Waals surface area contributed by atoms with E-state index in [0.717, 1.165) is 12.1 Å².